The lowest BCUT2D eigenvalue weighted by Crippen LogP contribution is -2.36. The van der Waals surface area contributed by atoms with E-state index in [-0.39, 0.29) is 23.8 Å². The average Bonchev–Trinajstić information content (AvgIpc) is 2.72. The summed E-state index contributed by atoms with van der Waals surface area (Å²) >= 11 is 3.50. The van der Waals surface area contributed by atoms with Gasteiger partial charge in [0.25, 0.3) is 11.8 Å². The normalized spacial score (nSPS) is 14.3. The van der Waals surface area contributed by atoms with Crippen molar-refractivity contribution in [2.75, 3.05) is 25.0 Å². The van der Waals surface area contributed by atoms with Crippen LogP contribution >= 0.6 is 15.9 Å². The van der Waals surface area contributed by atoms with Gasteiger partial charge in [-0.2, -0.15) is 0 Å². The molecule has 0 radical (unpaired) electrons. The van der Waals surface area contributed by atoms with Crippen LogP contribution in [0.15, 0.2) is 46.9 Å². The van der Waals surface area contributed by atoms with Crippen molar-refractivity contribution in [1.29, 1.82) is 0 Å². The van der Waals surface area contributed by atoms with Crippen LogP contribution in [-0.2, 0) is 10.2 Å². The van der Waals surface area contributed by atoms with E-state index in [4.69, 9.17) is 4.74 Å². The Balaban J connectivity index is 1.69. The number of rotatable bonds is 5. The number of halogens is 1. The Kier molecular flexibility index (Phi) is 7.19. The zero-order valence-corrected chi connectivity index (χ0v) is 19.4. The molecule has 1 aliphatic heterocycles. The molecule has 1 fully saturated rings. The molecule has 30 heavy (non-hydrogen) atoms. The third kappa shape index (κ3) is 5.63. The summed E-state index contributed by atoms with van der Waals surface area (Å²) in [5.74, 6) is 0.352. The van der Waals surface area contributed by atoms with Gasteiger partial charge < -0.3 is 15.0 Å². The van der Waals surface area contributed by atoms with Crippen molar-refractivity contribution in [3.05, 3.63) is 58.1 Å². The minimum absolute atomic E-state index is 0.0329. The highest BCUT2D eigenvalue weighted by Crippen LogP contribution is 2.33. The molecule has 6 heteroatoms. The van der Waals surface area contributed by atoms with E-state index in [0.29, 0.717) is 17.0 Å². The lowest BCUT2D eigenvalue weighted by atomic mass is 9.86. The first-order valence-corrected chi connectivity index (χ1v) is 11.2. The molecule has 0 aliphatic carbocycles. The first-order valence-electron chi connectivity index (χ1n) is 10.4. The van der Waals surface area contributed by atoms with Crippen LogP contribution in [0.4, 0.5) is 5.69 Å². The van der Waals surface area contributed by atoms with Gasteiger partial charge in [-0.05, 0) is 55.0 Å². The number of ether oxygens (including phenoxy) is 1. The average molecular weight is 473 g/mol. The van der Waals surface area contributed by atoms with Gasteiger partial charge in [0.1, 0.15) is 5.75 Å². The summed E-state index contributed by atoms with van der Waals surface area (Å²) in [5.41, 5.74) is 1.94. The van der Waals surface area contributed by atoms with Crippen molar-refractivity contribution >= 4 is 33.4 Å². The van der Waals surface area contributed by atoms with E-state index in [0.717, 1.165) is 42.4 Å². The van der Waals surface area contributed by atoms with Gasteiger partial charge in [-0.25, -0.2) is 0 Å². The highest BCUT2D eigenvalue weighted by atomic mass is 79.9. The van der Waals surface area contributed by atoms with Crippen LogP contribution in [0.2, 0.25) is 0 Å². The molecule has 0 spiro atoms. The molecule has 0 aromatic heterocycles. The molecule has 0 unspecified atom stereocenters. The highest BCUT2D eigenvalue weighted by Gasteiger charge is 2.22. The number of likely N-dealkylation sites (tertiary alicyclic amines) is 1. The summed E-state index contributed by atoms with van der Waals surface area (Å²) in [6.07, 6.45) is 3.21. The fourth-order valence-corrected chi connectivity index (χ4v) is 3.95. The van der Waals surface area contributed by atoms with Crippen molar-refractivity contribution in [1.82, 2.24) is 4.90 Å². The number of para-hydroxylation sites is 1. The first kappa shape index (κ1) is 22.3. The standard InChI is InChI=1S/C24H29BrN2O3/c1-24(2,3)19-15-17(25)11-12-21(19)30-16-22(28)26-20-10-6-5-9-18(20)23(29)27-13-7-4-8-14-27/h5-6,9-12,15H,4,7-8,13-14,16H2,1-3H3,(H,26,28). The predicted octanol–water partition coefficient (Wildman–Crippen LogP) is 5.39. The fraction of sp³-hybridized carbons (Fsp3) is 0.417. The van der Waals surface area contributed by atoms with Crippen LogP contribution in [0, 0.1) is 0 Å². The lowest BCUT2D eigenvalue weighted by molar-refractivity contribution is -0.118. The van der Waals surface area contributed by atoms with Crippen molar-refractivity contribution in [2.24, 2.45) is 0 Å². The molecular formula is C24H29BrN2O3. The summed E-state index contributed by atoms with van der Waals surface area (Å²) < 4.78 is 6.81. The van der Waals surface area contributed by atoms with Crippen LogP contribution in [0.25, 0.3) is 0 Å². The molecule has 1 N–H and O–H groups in total. The molecule has 0 bridgehead atoms. The Morgan fingerprint density at radius 2 is 1.77 bits per heavy atom. The maximum Gasteiger partial charge on any atom is 0.262 e. The van der Waals surface area contributed by atoms with Gasteiger partial charge in [0, 0.05) is 23.1 Å². The maximum absolute atomic E-state index is 12.9. The van der Waals surface area contributed by atoms with E-state index < -0.39 is 0 Å². The molecule has 0 atom stereocenters. The number of amides is 2. The SMILES string of the molecule is CC(C)(C)c1cc(Br)ccc1OCC(=O)Nc1ccccc1C(=O)N1CCCCC1. The molecule has 1 saturated heterocycles. The number of nitrogens with one attached hydrogen (secondary N) is 1. The maximum atomic E-state index is 12.9. The Morgan fingerprint density at radius 3 is 2.47 bits per heavy atom. The zero-order chi connectivity index (χ0) is 21.7. The molecule has 1 aliphatic rings. The highest BCUT2D eigenvalue weighted by molar-refractivity contribution is 9.10. The third-order valence-corrected chi connectivity index (χ3v) is 5.68. The number of carbonyl (C=O) groups is 2. The fourth-order valence-electron chi connectivity index (χ4n) is 3.59. The van der Waals surface area contributed by atoms with E-state index in [9.17, 15) is 9.59 Å². The van der Waals surface area contributed by atoms with Crippen molar-refractivity contribution < 1.29 is 14.3 Å². The van der Waals surface area contributed by atoms with Crippen LogP contribution in [0.5, 0.6) is 5.75 Å². The second kappa shape index (κ2) is 9.65. The van der Waals surface area contributed by atoms with Gasteiger partial charge >= 0.3 is 0 Å². The number of hydrogen-bond acceptors (Lipinski definition) is 3. The molecule has 2 amide bonds. The van der Waals surface area contributed by atoms with E-state index in [2.05, 4.69) is 42.0 Å². The number of hydrogen-bond donors (Lipinski definition) is 1. The van der Waals surface area contributed by atoms with Crippen molar-refractivity contribution in [3.8, 4) is 5.75 Å². The second-order valence-corrected chi connectivity index (χ2v) is 9.54. The van der Waals surface area contributed by atoms with E-state index >= 15 is 0 Å². The van der Waals surface area contributed by atoms with Gasteiger partial charge in [0.05, 0.1) is 11.3 Å². The van der Waals surface area contributed by atoms with Crippen LogP contribution in [0.1, 0.15) is 56.0 Å². The number of carbonyl (C=O) groups excluding carboxylic acids is 2. The van der Waals surface area contributed by atoms with Crippen LogP contribution in [-0.4, -0.2) is 36.4 Å². The number of nitrogens with zero attached hydrogens (tertiary/aromatic N) is 1. The second-order valence-electron chi connectivity index (χ2n) is 8.63. The number of piperidine rings is 1. The smallest absolute Gasteiger partial charge is 0.262 e. The summed E-state index contributed by atoms with van der Waals surface area (Å²) in [6.45, 7) is 7.71. The minimum Gasteiger partial charge on any atom is -0.483 e. The topological polar surface area (TPSA) is 58.6 Å². The van der Waals surface area contributed by atoms with Gasteiger partial charge in [-0.15, -0.1) is 0 Å². The van der Waals surface area contributed by atoms with Crippen molar-refractivity contribution in [2.45, 2.75) is 45.4 Å². The van der Waals surface area contributed by atoms with Gasteiger partial charge in [-0.1, -0.05) is 48.8 Å². The van der Waals surface area contributed by atoms with E-state index in [1.807, 2.05) is 35.2 Å². The Morgan fingerprint density at radius 1 is 1.07 bits per heavy atom. The summed E-state index contributed by atoms with van der Waals surface area (Å²) in [6, 6.07) is 12.9. The van der Waals surface area contributed by atoms with E-state index in [1.54, 1.807) is 12.1 Å². The summed E-state index contributed by atoms with van der Waals surface area (Å²) in [7, 11) is 0. The van der Waals surface area contributed by atoms with Gasteiger partial charge in [0.15, 0.2) is 6.61 Å². The molecule has 2 aromatic rings. The molecule has 160 valence electrons. The summed E-state index contributed by atoms with van der Waals surface area (Å²) in [4.78, 5) is 27.4. The molecule has 0 saturated carbocycles. The van der Waals surface area contributed by atoms with Crippen LogP contribution < -0.4 is 10.1 Å². The molecule has 2 aromatic carbocycles. The lowest BCUT2D eigenvalue weighted by Gasteiger charge is -2.27. The first-order chi connectivity index (χ1) is 14.3. The van der Waals surface area contributed by atoms with Gasteiger partial charge in [-0.3, -0.25) is 9.59 Å². The molecule has 1 heterocycles. The largest absolute Gasteiger partial charge is 0.483 e. The third-order valence-electron chi connectivity index (χ3n) is 5.18. The molecule has 5 nitrogen and oxygen atoms in total. The number of anilines is 1. The summed E-state index contributed by atoms with van der Waals surface area (Å²) in [5, 5.41) is 2.85. The molecule has 3 rings (SSSR count). The van der Waals surface area contributed by atoms with Gasteiger partial charge in [0.2, 0.25) is 0 Å². The minimum atomic E-state index is -0.295. The molecular weight excluding hydrogens is 444 g/mol. The Bertz CT molecular complexity index is 915. The Hall–Kier alpha value is -2.34. The predicted molar refractivity (Wildman–Crippen MR) is 123 cm³/mol. The Labute approximate surface area is 186 Å². The zero-order valence-electron chi connectivity index (χ0n) is 17.8. The quantitative estimate of drug-likeness (QED) is 0.634. The van der Waals surface area contributed by atoms with Crippen LogP contribution in [0.3, 0.4) is 0 Å². The number of benzene rings is 2. The van der Waals surface area contributed by atoms with E-state index in [1.165, 1.54) is 0 Å². The van der Waals surface area contributed by atoms with Crippen molar-refractivity contribution in [3.63, 3.8) is 0 Å². The monoisotopic (exact) mass is 472 g/mol.